The molecule has 2 aromatic carbocycles. The SMILES string of the molecule is CCC(N)Cn1c(COc2cccc(C)c2C)nc2ccccc21. The number of nitrogens with zero attached hydrogens (tertiary/aromatic N) is 2. The van der Waals surface area contributed by atoms with Crippen molar-refractivity contribution in [2.24, 2.45) is 5.73 Å². The molecule has 0 bridgehead atoms. The van der Waals surface area contributed by atoms with Crippen LogP contribution < -0.4 is 10.5 Å². The number of nitrogens with two attached hydrogens (primary N) is 1. The van der Waals surface area contributed by atoms with Crippen LogP contribution in [0, 0.1) is 13.8 Å². The predicted molar refractivity (Wildman–Crippen MR) is 98.2 cm³/mol. The first kappa shape index (κ1) is 16.5. The average Bonchev–Trinajstić information content (AvgIpc) is 2.94. The minimum atomic E-state index is 0.113. The molecule has 2 N–H and O–H groups in total. The Balaban J connectivity index is 1.90. The Bertz CT molecular complexity index is 838. The van der Waals surface area contributed by atoms with Crippen LogP contribution in [0.5, 0.6) is 5.75 Å². The van der Waals surface area contributed by atoms with E-state index in [2.05, 4.69) is 37.5 Å². The van der Waals surface area contributed by atoms with E-state index in [9.17, 15) is 0 Å². The van der Waals surface area contributed by atoms with Gasteiger partial charge in [0.25, 0.3) is 0 Å². The number of imidazole rings is 1. The lowest BCUT2D eigenvalue weighted by molar-refractivity contribution is 0.286. The van der Waals surface area contributed by atoms with Crippen LogP contribution in [0.4, 0.5) is 0 Å². The number of ether oxygens (including phenoxy) is 1. The number of para-hydroxylation sites is 2. The van der Waals surface area contributed by atoms with Crippen molar-refractivity contribution in [3.05, 3.63) is 59.4 Å². The number of fused-ring (bicyclic) bond motifs is 1. The topological polar surface area (TPSA) is 53.1 Å². The van der Waals surface area contributed by atoms with E-state index in [1.807, 2.05) is 30.3 Å². The zero-order valence-electron chi connectivity index (χ0n) is 14.6. The lowest BCUT2D eigenvalue weighted by atomic mass is 10.1. The highest BCUT2D eigenvalue weighted by molar-refractivity contribution is 5.75. The molecule has 0 radical (unpaired) electrons. The molecule has 3 rings (SSSR count). The number of aryl methyl sites for hydroxylation is 1. The monoisotopic (exact) mass is 323 g/mol. The second-order valence-electron chi connectivity index (χ2n) is 6.28. The summed E-state index contributed by atoms with van der Waals surface area (Å²) in [4.78, 5) is 4.75. The van der Waals surface area contributed by atoms with Gasteiger partial charge in [0.05, 0.1) is 11.0 Å². The molecule has 0 fully saturated rings. The Morgan fingerprint density at radius 1 is 1.12 bits per heavy atom. The van der Waals surface area contributed by atoms with Crippen molar-refractivity contribution in [3.8, 4) is 5.75 Å². The maximum absolute atomic E-state index is 6.19. The Morgan fingerprint density at radius 3 is 2.71 bits per heavy atom. The minimum absolute atomic E-state index is 0.113. The van der Waals surface area contributed by atoms with Gasteiger partial charge in [0.15, 0.2) is 0 Å². The van der Waals surface area contributed by atoms with E-state index in [4.69, 9.17) is 15.5 Å². The molecule has 126 valence electrons. The summed E-state index contributed by atoms with van der Waals surface area (Å²) in [6.07, 6.45) is 0.934. The normalized spacial score (nSPS) is 12.5. The maximum atomic E-state index is 6.19. The smallest absolute Gasteiger partial charge is 0.148 e. The lowest BCUT2D eigenvalue weighted by Gasteiger charge is -2.15. The Kier molecular flexibility index (Phi) is 4.86. The molecule has 0 saturated heterocycles. The lowest BCUT2D eigenvalue weighted by Crippen LogP contribution is -2.26. The summed E-state index contributed by atoms with van der Waals surface area (Å²) in [7, 11) is 0. The molecule has 1 aromatic heterocycles. The van der Waals surface area contributed by atoms with E-state index >= 15 is 0 Å². The zero-order chi connectivity index (χ0) is 17.1. The molecule has 3 aromatic rings. The molecule has 0 aliphatic carbocycles. The van der Waals surface area contributed by atoms with Crippen molar-refractivity contribution < 1.29 is 4.74 Å². The van der Waals surface area contributed by atoms with Crippen molar-refractivity contribution in [1.82, 2.24) is 9.55 Å². The van der Waals surface area contributed by atoms with Crippen molar-refractivity contribution in [1.29, 1.82) is 0 Å². The number of hydrogen-bond acceptors (Lipinski definition) is 3. The van der Waals surface area contributed by atoms with Gasteiger partial charge in [-0.2, -0.15) is 0 Å². The van der Waals surface area contributed by atoms with Crippen molar-refractivity contribution in [3.63, 3.8) is 0 Å². The highest BCUT2D eigenvalue weighted by Crippen LogP contribution is 2.23. The molecule has 4 nitrogen and oxygen atoms in total. The van der Waals surface area contributed by atoms with Crippen LogP contribution in [0.2, 0.25) is 0 Å². The third-order valence-electron chi connectivity index (χ3n) is 4.59. The second kappa shape index (κ2) is 7.05. The summed E-state index contributed by atoms with van der Waals surface area (Å²) < 4.78 is 8.25. The molecular weight excluding hydrogens is 298 g/mol. The molecule has 1 unspecified atom stereocenters. The molecule has 24 heavy (non-hydrogen) atoms. The molecular formula is C20H25N3O. The van der Waals surface area contributed by atoms with Crippen LogP contribution in [0.15, 0.2) is 42.5 Å². The van der Waals surface area contributed by atoms with Crippen LogP contribution in [0.25, 0.3) is 11.0 Å². The van der Waals surface area contributed by atoms with Gasteiger partial charge in [-0.05, 0) is 49.6 Å². The average molecular weight is 323 g/mol. The maximum Gasteiger partial charge on any atom is 0.148 e. The largest absolute Gasteiger partial charge is 0.485 e. The molecule has 0 amide bonds. The predicted octanol–water partition coefficient (Wildman–Crippen LogP) is 3.97. The third-order valence-corrected chi connectivity index (χ3v) is 4.59. The van der Waals surface area contributed by atoms with Gasteiger partial charge in [-0.25, -0.2) is 4.98 Å². The van der Waals surface area contributed by atoms with E-state index < -0.39 is 0 Å². The van der Waals surface area contributed by atoms with Crippen molar-refractivity contribution in [2.75, 3.05) is 0 Å². The van der Waals surface area contributed by atoms with E-state index in [-0.39, 0.29) is 6.04 Å². The first-order chi connectivity index (χ1) is 11.6. The molecule has 1 heterocycles. The second-order valence-corrected chi connectivity index (χ2v) is 6.28. The molecule has 0 aliphatic rings. The van der Waals surface area contributed by atoms with Gasteiger partial charge in [-0.15, -0.1) is 0 Å². The Labute approximate surface area is 143 Å². The van der Waals surface area contributed by atoms with Crippen LogP contribution >= 0.6 is 0 Å². The van der Waals surface area contributed by atoms with E-state index in [0.717, 1.165) is 35.6 Å². The quantitative estimate of drug-likeness (QED) is 0.747. The number of benzene rings is 2. The van der Waals surface area contributed by atoms with Crippen LogP contribution in [0.3, 0.4) is 0 Å². The number of hydrogen-bond donors (Lipinski definition) is 1. The number of aromatic nitrogens is 2. The van der Waals surface area contributed by atoms with Gasteiger partial charge in [0.2, 0.25) is 0 Å². The van der Waals surface area contributed by atoms with Gasteiger partial charge < -0.3 is 15.0 Å². The zero-order valence-corrected chi connectivity index (χ0v) is 14.6. The molecule has 0 saturated carbocycles. The fourth-order valence-electron chi connectivity index (χ4n) is 2.83. The van der Waals surface area contributed by atoms with Crippen LogP contribution in [-0.2, 0) is 13.2 Å². The van der Waals surface area contributed by atoms with E-state index in [0.29, 0.717) is 6.61 Å². The minimum Gasteiger partial charge on any atom is -0.485 e. The first-order valence-electron chi connectivity index (χ1n) is 8.49. The summed E-state index contributed by atoms with van der Waals surface area (Å²) in [6.45, 7) is 7.48. The molecule has 0 spiro atoms. The molecule has 4 heteroatoms. The van der Waals surface area contributed by atoms with Crippen LogP contribution in [0.1, 0.15) is 30.3 Å². The highest BCUT2D eigenvalue weighted by atomic mass is 16.5. The van der Waals surface area contributed by atoms with E-state index in [1.165, 1.54) is 11.1 Å². The fourth-order valence-corrected chi connectivity index (χ4v) is 2.83. The summed E-state index contributed by atoms with van der Waals surface area (Å²) in [5, 5.41) is 0. The Morgan fingerprint density at radius 2 is 1.92 bits per heavy atom. The van der Waals surface area contributed by atoms with Gasteiger partial charge in [-0.3, -0.25) is 0 Å². The van der Waals surface area contributed by atoms with Crippen molar-refractivity contribution in [2.45, 2.75) is 46.4 Å². The van der Waals surface area contributed by atoms with Crippen LogP contribution in [-0.4, -0.2) is 15.6 Å². The molecule has 0 aliphatic heterocycles. The van der Waals surface area contributed by atoms with Gasteiger partial charge in [0, 0.05) is 12.6 Å². The summed E-state index contributed by atoms with van der Waals surface area (Å²) >= 11 is 0. The van der Waals surface area contributed by atoms with Gasteiger partial charge >= 0.3 is 0 Å². The standard InChI is InChI=1S/C20H25N3O/c1-4-16(21)12-23-18-10-6-5-9-17(18)22-20(23)13-24-19-11-7-8-14(2)15(19)3/h5-11,16H,4,12-13,21H2,1-3H3. The summed E-state index contributed by atoms with van der Waals surface area (Å²) in [5.74, 6) is 1.83. The fraction of sp³-hybridized carbons (Fsp3) is 0.350. The summed E-state index contributed by atoms with van der Waals surface area (Å²) in [5.41, 5.74) is 10.7. The van der Waals surface area contributed by atoms with Gasteiger partial charge in [-0.1, -0.05) is 31.2 Å². The van der Waals surface area contributed by atoms with E-state index in [1.54, 1.807) is 0 Å². The third kappa shape index (κ3) is 3.29. The van der Waals surface area contributed by atoms with Gasteiger partial charge in [0.1, 0.15) is 18.2 Å². The molecule has 1 atom stereocenters. The highest BCUT2D eigenvalue weighted by Gasteiger charge is 2.14. The summed E-state index contributed by atoms with van der Waals surface area (Å²) in [6, 6.07) is 14.4. The first-order valence-corrected chi connectivity index (χ1v) is 8.49. The van der Waals surface area contributed by atoms with Crippen molar-refractivity contribution >= 4 is 11.0 Å². The number of rotatable bonds is 6. The Hall–Kier alpha value is -2.33.